The van der Waals surface area contributed by atoms with Gasteiger partial charge in [0.25, 0.3) is 0 Å². The van der Waals surface area contributed by atoms with E-state index in [0.29, 0.717) is 5.57 Å². The summed E-state index contributed by atoms with van der Waals surface area (Å²) in [4.78, 5) is 11.6. The highest BCUT2D eigenvalue weighted by Crippen LogP contribution is 2.39. The lowest BCUT2D eigenvalue weighted by Gasteiger charge is -2.38. The quantitative estimate of drug-likeness (QED) is 0.574. The van der Waals surface area contributed by atoms with E-state index in [4.69, 9.17) is 9.16 Å². The maximum atomic E-state index is 11.6. The third-order valence-electron chi connectivity index (χ3n) is 3.80. The molecule has 1 rings (SSSR count). The Hall–Kier alpha value is -0.613. The molecule has 17 heavy (non-hydrogen) atoms. The highest BCUT2D eigenvalue weighted by atomic mass is 28.4. The minimum Gasteiger partial charge on any atom is -0.466 e. The molecular formula is C13H24O3Si. The van der Waals surface area contributed by atoms with Crippen molar-refractivity contribution in [1.82, 2.24) is 0 Å². The van der Waals surface area contributed by atoms with Crippen molar-refractivity contribution in [2.24, 2.45) is 0 Å². The van der Waals surface area contributed by atoms with Gasteiger partial charge in [0.1, 0.15) is 0 Å². The molecule has 0 aromatic heterocycles. The van der Waals surface area contributed by atoms with Gasteiger partial charge in [-0.15, -0.1) is 0 Å². The van der Waals surface area contributed by atoms with Gasteiger partial charge >= 0.3 is 5.97 Å². The summed E-state index contributed by atoms with van der Waals surface area (Å²) in [6.45, 7) is 11.0. The number of allylic oxidation sites excluding steroid dienone is 1. The zero-order chi connectivity index (χ0) is 13.3. The Balaban J connectivity index is 2.77. The molecule has 0 spiro atoms. The van der Waals surface area contributed by atoms with Crippen molar-refractivity contribution in [2.75, 3.05) is 7.11 Å². The van der Waals surface area contributed by atoms with Crippen LogP contribution >= 0.6 is 0 Å². The van der Waals surface area contributed by atoms with Crippen LogP contribution in [0.3, 0.4) is 0 Å². The van der Waals surface area contributed by atoms with E-state index in [0.717, 1.165) is 12.8 Å². The molecule has 3 nitrogen and oxygen atoms in total. The van der Waals surface area contributed by atoms with Gasteiger partial charge in [0, 0.05) is 0 Å². The smallest absolute Gasteiger partial charge is 0.336 e. The van der Waals surface area contributed by atoms with Gasteiger partial charge in [0.2, 0.25) is 0 Å². The van der Waals surface area contributed by atoms with Crippen molar-refractivity contribution in [2.45, 2.75) is 57.8 Å². The summed E-state index contributed by atoms with van der Waals surface area (Å²) in [6, 6.07) is 0. The van der Waals surface area contributed by atoms with Crippen molar-refractivity contribution in [3.63, 3.8) is 0 Å². The van der Waals surface area contributed by atoms with Crippen LogP contribution in [0.15, 0.2) is 11.6 Å². The minimum absolute atomic E-state index is 0.0664. The Kier molecular flexibility index (Phi) is 4.20. The number of esters is 1. The van der Waals surface area contributed by atoms with Crippen LogP contribution in [0.4, 0.5) is 0 Å². The molecule has 0 aromatic rings. The molecule has 0 radical (unpaired) electrons. The summed E-state index contributed by atoms with van der Waals surface area (Å²) in [7, 11) is -0.397. The van der Waals surface area contributed by atoms with E-state index in [1.54, 1.807) is 0 Å². The highest BCUT2D eigenvalue weighted by Gasteiger charge is 2.41. The first-order chi connectivity index (χ1) is 7.69. The van der Waals surface area contributed by atoms with Crippen molar-refractivity contribution >= 4 is 14.3 Å². The lowest BCUT2D eigenvalue weighted by atomic mass is 10.2. The number of hydrogen-bond acceptors (Lipinski definition) is 3. The summed E-state index contributed by atoms with van der Waals surface area (Å²) in [6.07, 6.45) is 3.69. The SMILES string of the molecule is COC(=O)C1=CCC[C@@H]1O[Si](C)(C)C(C)(C)C. The van der Waals surface area contributed by atoms with E-state index in [2.05, 4.69) is 33.9 Å². The number of rotatable bonds is 3. The third kappa shape index (κ3) is 3.19. The van der Waals surface area contributed by atoms with Crippen molar-refractivity contribution in [1.29, 1.82) is 0 Å². The van der Waals surface area contributed by atoms with Crippen LogP contribution in [0.5, 0.6) is 0 Å². The summed E-state index contributed by atoms with van der Waals surface area (Å²) in [5.74, 6) is -0.244. The van der Waals surface area contributed by atoms with E-state index in [9.17, 15) is 4.79 Å². The highest BCUT2D eigenvalue weighted by molar-refractivity contribution is 6.74. The van der Waals surface area contributed by atoms with E-state index in [-0.39, 0.29) is 17.1 Å². The average molecular weight is 256 g/mol. The van der Waals surface area contributed by atoms with E-state index in [1.165, 1.54) is 7.11 Å². The average Bonchev–Trinajstić information content (AvgIpc) is 2.62. The number of carbonyl (C=O) groups is 1. The van der Waals surface area contributed by atoms with E-state index in [1.807, 2.05) is 6.08 Å². The van der Waals surface area contributed by atoms with E-state index < -0.39 is 8.32 Å². The van der Waals surface area contributed by atoms with Crippen molar-refractivity contribution in [3.05, 3.63) is 11.6 Å². The fourth-order valence-electron chi connectivity index (χ4n) is 1.66. The monoisotopic (exact) mass is 256 g/mol. The maximum absolute atomic E-state index is 11.6. The zero-order valence-corrected chi connectivity index (χ0v) is 12.8. The maximum Gasteiger partial charge on any atom is 0.336 e. The van der Waals surface area contributed by atoms with Gasteiger partial charge in [-0.2, -0.15) is 0 Å². The normalized spacial score (nSPS) is 21.3. The second-order valence-electron chi connectivity index (χ2n) is 6.10. The predicted molar refractivity (Wildman–Crippen MR) is 71.4 cm³/mol. The molecule has 0 amide bonds. The molecule has 1 aliphatic carbocycles. The minimum atomic E-state index is -1.82. The first-order valence-electron chi connectivity index (χ1n) is 6.15. The molecule has 0 unspecified atom stereocenters. The largest absolute Gasteiger partial charge is 0.466 e. The molecule has 0 aromatic carbocycles. The topological polar surface area (TPSA) is 35.5 Å². The Morgan fingerprint density at radius 1 is 1.41 bits per heavy atom. The van der Waals surface area contributed by atoms with E-state index >= 15 is 0 Å². The van der Waals surface area contributed by atoms with Gasteiger partial charge in [-0.1, -0.05) is 26.8 Å². The summed E-state index contributed by atoms with van der Waals surface area (Å²) in [5.41, 5.74) is 0.706. The van der Waals surface area contributed by atoms with Crippen molar-refractivity contribution in [3.8, 4) is 0 Å². The zero-order valence-electron chi connectivity index (χ0n) is 11.8. The second-order valence-corrected chi connectivity index (χ2v) is 10.9. The summed E-state index contributed by atoms with van der Waals surface area (Å²) < 4.78 is 11.1. The molecule has 0 bridgehead atoms. The van der Waals surface area contributed by atoms with Crippen LogP contribution in [-0.4, -0.2) is 27.5 Å². The van der Waals surface area contributed by atoms with Gasteiger partial charge in [-0.25, -0.2) is 4.79 Å². The molecule has 0 fully saturated rings. The first-order valence-corrected chi connectivity index (χ1v) is 9.06. The fourth-order valence-corrected chi connectivity index (χ4v) is 2.97. The lowest BCUT2D eigenvalue weighted by molar-refractivity contribution is -0.137. The van der Waals surface area contributed by atoms with Crippen LogP contribution in [0.1, 0.15) is 33.6 Å². The number of ether oxygens (including phenoxy) is 1. The lowest BCUT2D eigenvalue weighted by Crippen LogP contribution is -2.44. The molecule has 0 N–H and O–H groups in total. The molecule has 0 heterocycles. The number of methoxy groups -OCH3 is 1. The third-order valence-corrected chi connectivity index (χ3v) is 8.29. The second kappa shape index (κ2) is 4.94. The Morgan fingerprint density at radius 3 is 2.47 bits per heavy atom. The van der Waals surface area contributed by atoms with Crippen LogP contribution in [0.25, 0.3) is 0 Å². The number of hydrogen-bond donors (Lipinski definition) is 0. The molecule has 0 saturated heterocycles. The van der Waals surface area contributed by atoms with Gasteiger partial charge in [0.15, 0.2) is 8.32 Å². The van der Waals surface area contributed by atoms with Gasteiger partial charge in [-0.05, 0) is 31.0 Å². The van der Waals surface area contributed by atoms with Crippen LogP contribution < -0.4 is 0 Å². The summed E-state index contributed by atoms with van der Waals surface area (Å²) in [5, 5.41) is 0.164. The molecular weight excluding hydrogens is 232 g/mol. The Bertz CT molecular complexity index is 326. The summed E-state index contributed by atoms with van der Waals surface area (Å²) >= 11 is 0. The molecule has 1 aliphatic rings. The predicted octanol–water partition coefficient (Wildman–Crippen LogP) is 3.27. The van der Waals surface area contributed by atoms with Gasteiger partial charge in [-0.3, -0.25) is 0 Å². The first kappa shape index (κ1) is 14.4. The Labute approximate surface area is 105 Å². The molecule has 0 saturated carbocycles. The number of carbonyl (C=O) groups excluding carboxylic acids is 1. The fraction of sp³-hybridized carbons (Fsp3) is 0.769. The van der Waals surface area contributed by atoms with Crippen LogP contribution in [0.2, 0.25) is 18.1 Å². The van der Waals surface area contributed by atoms with Crippen molar-refractivity contribution < 1.29 is 14.0 Å². The molecule has 98 valence electrons. The Morgan fingerprint density at radius 2 is 2.00 bits per heavy atom. The van der Waals surface area contributed by atoms with Gasteiger partial charge < -0.3 is 9.16 Å². The van der Waals surface area contributed by atoms with Crippen LogP contribution in [-0.2, 0) is 14.0 Å². The molecule has 0 aliphatic heterocycles. The molecule has 1 atom stereocenters. The van der Waals surface area contributed by atoms with Crippen LogP contribution in [0, 0.1) is 0 Å². The standard InChI is InChI=1S/C13H24O3Si/c1-13(2,3)17(5,6)16-11-9-7-8-10(11)12(14)15-4/h8,11H,7,9H2,1-6H3/t11-/m0/s1. The van der Waals surface area contributed by atoms with Gasteiger partial charge in [0.05, 0.1) is 18.8 Å². The molecule has 4 heteroatoms.